The molecule has 0 spiro atoms. The molecule has 0 aliphatic carbocycles. The van der Waals surface area contributed by atoms with E-state index in [4.69, 9.17) is 4.74 Å². The smallest absolute Gasteiger partial charge is 0.311 e. The Balaban J connectivity index is 2.41. The minimum absolute atomic E-state index is 0.0514. The number of non-ortho nitro benzene ring substituents is 1. The lowest BCUT2D eigenvalue weighted by atomic mass is 10.1. The van der Waals surface area contributed by atoms with Gasteiger partial charge in [0.2, 0.25) is 0 Å². The van der Waals surface area contributed by atoms with Crippen LogP contribution in [0.5, 0.6) is 5.75 Å². The van der Waals surface area contributed by atoms with E-state index in [9.17, 15) is 35.1 Å². The molecular formula is C12H13N3O10. The highest BCUT2D eigenvalue weighted by Gasteiger charge is 2.17. The highest BCUT2D eigenvalue weighted by molar-refractivity contribution is 5.72. The van der Waals surface area contributed by atoms with Crippen LogP contribution in [0.15, 0.2) is 24.3 Å². The number of nitrogens with zero attached hydrogens (tertiary/aromatic N) is 3. The van der Waals surface area contributed by atoms with Crippen molar-refractivity contribution < 1.29 is 34.3 Å². The van der Waals surface area contributed by atoms with Crippen LogP contribution < -0.4 is 4.74 Å². The molecule has 25 heavy (non-hydrogen) atoms. The molecule has 13 nitrogen and oxygen atoms in total. The van der Waals surface area contributed by atoms with Gasteiger partial charge in [0.15, 0.2) is 0 Å². The van der Waals surface area contributed by atoms with Crippen LogP contribution in [0, 0.1) is 30.3 Å². The largest absolute Gasteiger partial charge is 0.427 e. The molecular weight excluding hydrogens is 346 g/mol. The molecule has 0 aliphatic heterocycles. The van der Waals surface area contributed by atoms with Crippen molar-refractivity contribution in [2.45, 2.75) is 25.4 Å². The van der Waals surface area contributed by atoms with Crippen LogP contribution in [0.25, 0.3) is 0 Å². The number of rotatable bonds is 11. The molecule has 13 heteroatoms. The van der Waals surface area contributed by atoms with Crippen molar-refractivity contribution in [1.29, 1.82) is 0 Å². The van der Waals surface area contributed by atoms with Crippen LogP contribution in [0.3, 0.4) is 0 Å². The van der Waals surface area contributed by atoms with Crippen molar-refractivity contribution in [3.63, 3.8) is 0 Å². The third kappa shape index (κ3) is 8.06. The highest BCUT2D eigenvalue weighted by Crippen LogP contribution is 2.18. The predicted octanol–water partition coefficient (Wildman–Crippen LogP) is 1.46. The zero-order chi connectivity index (χ0) is 18.8. The van der Waals surface area contributed by atoms with Gasteiger partial charge < -0.3 is 14.4 Å². The van der Waals surface area contributed by atoms with Gasteiger partial charge >= 0.3 is 5.97 Å². The molecule has 0 amide bonds. The van der Waals surface area contributed by atoms with E-state index in [0.29, 0.717) is 0 Å². The summed E-state index contributed by atoms with van der Waals surface area (Å²) in [4.78, 5) is 50.1. The average Bonchev–Trinajstić information content (AvgIpc) is 2.52. The number of nitro groups is 1. The molecule has 0 aromatic heterocycles. The minimum atomic E-state index is -1.20. The maximum atomic E-state index is 11.6. The summed E-state index contributed by atoms with van der Waals surface area (Å²) in [6, 6.07) is 4.83. The molecule has 0 saturated heterocycles. The number of esters is 1. The van der Waals surface area contributed by atoms with E-state index in [1.165, 1.54) is 24.3 Å². The Morgan fingerprint density at radius 1 is 1.04 bits per heavy atom. The third-order valence-electron chi connectivity index (χ3n) is 2.79. The Morgan fingerprint density at radius 3 is 2.20 bits per heavy atom. The Labute approximate surface area is 139 Å². The number of nitro benzene ring substituents is 1. The van der Waals surface area contributed by atoms with Gasteiger partial charge in [-0.25, -0.2) is 0 Å². The maximum absolute atomic E-state index is 11.6. The lowest BCUT2D eigenvalue weighted by molar-refractivity contribution is -0.790. The number of benzene rings is 1. The lowest BCUT2D eigenvalue weighted by Crippen LogP contribution is -2.25. The Bertz CT molecular complexity index is 633. The number of carbonyl (C=O) groups excluding carboxylic acids is 1. The minimum Gasteiger partial charge on any atom is -0.427 e. The van der Waals surface area contributed by atoms with Gasteiger partial charge in [-0.1, -0.05) is 0 Å². The normalized spacial score (nSPS) is 11.2. The summed E-state index contributed by atoms with van der Waals surface area (Å²) in [7, 11) is 0. The fourth-order valence-electron chi connectivity index (χ4n) is 1.72. The fraction of sp³-hybridized carbons (Fsp3) is 0.417. The van der Waals surface area contributed by atoms with Crippen molar-refractivity contribution in [1.82, 2.24) is 0 Å². The maximum Gasteiger partial charge on any atom is 0.311 e. The molecule has 0 unspecified atom stereocenters. The number of carbonyl (C=O) groups is 1. The summed E-state index contributed by atoms with van der Waals surface area (Å²) in [6.45, 7) is -0.647. The van der Waals surface area contributed by atoms with Crippen LogP contribution in [-0.4, -0.2) is 33.8 Å². The zero-order valence-electron chi connectivity index (χ0n) is 12.6. The van der Waals surface area contributed by atoms with Gasteiger partial charge in [-0.05, 0) is 25.0 Å². The van der Waals surface area contributed by atoms with E-state index in [1.54, 1.807) is 0 Å². The Hall–Kier alpha value is -3.51. The van der Waals surface area contributed by atoms with Crippen LogP contribution in [0.4, 0.5) is 5.69 Å². The Kier molecular flexibility index (Phi) is 7.49. The van der Waals surface area contributed by atoms with Gasteiger partial charge in [0.25, 0.3) is 15.9 Å². The summed E-state index contributed by atoms with van der Waals surface area (Å²) in [5.74, 6) is -0.575. The monoisotopic (exact) mass is 359 g/mol. The number of hydrogen-bond acceptors (Lipinski definition) is 10. The van der Waals surface area contributed by atoms with Gasteiger partial charge in [0, 0.05) is 18.6 Å². The first-order valence-corrected chi connectivity index (χ1v) is 6.81. The second-order valence-electron chi connectivity index (χ2n) is 4.59. The summed E-state index contributed by atoms with van der Waals surface area (Å²) >= 11 is 0. The second-order valence-corrected chi connectivity index (χ2v) is 4.59. The lowest BCUT2D eigenvalue weighted by Gasteiger charge is -2.13. The molecule has 0 heterocycles. The van der Waals surface area contributed by atoms with Gasteiger partial charge in [-0.15, -0.1) is 20.2 Å². The second kappa shape index (κ2) is 9.59. The third-order valence-corrected chi connectivity index (χ3v) is 2.79. The van der Waals surface area contributed by atoms with Crippen molar-refractivity contribution in [3.05, 3.63) is 54.6 Å². The summed E-state index contributed by atoms with van der Waals surface area (Å²) < 4.78 is 4.93. The summed E-state index contributed by atoms with van der Waals surface area (Å²) in [5.41, 5.74) is -0.162. The molecule has 1 atom stereocenters. The first kappa shape index (κ1) is 19.5. The van der Waals surface area contributed by atoms with Crippen molar-refractivity contribution in [2.24, 2.45) is 0 Å². The quantitative estimate of drug-likeness (QED) is 0.243. The van der Waals surface area contributed by atoms with Gasteiger partial charge in [-0.2, -0.15) is 0 Å². The molecule has 1 rings (SSSR count). The molecule has 0 bridgehead atoms. The predicted molar refractivity (Wildman–Crippen MR) is 77.4 cm³/mol. The highest BCUT2D eigenvalue weighted by atomic mass is 17.0. The molecule has 0 aliphatic rings. The van der Waals surface area contributed by atoms with Crippen LogP contribution in [-0.2, 0) is 14.5 Å². The Morgan fingerprint density at radius 2 is 1.68 bits per heavy atom. The van der Waals surface area contributed by atoms with E-state index in [-0.39, 0.29) is 30.7 Å². The van der Waals surface area contributed by atoms with Crippen LogP contribution in [0.2, 0.25) is 0 Å². The van der Waals surface area contributed by atoms with Gasteiger partial charge in [0.05, 0.1) is 4.92 Å². The SMILES string of the molecule is O=C(CCC[C@@H](CO[N+](=O)[O-])O[N+](=O)[O-])Oc1ccc([N+](=O)[O-])cc1. The first-order valence-electron chi connectivity index (χ1n) is 6.81. The fourth-order valence-corrected chi connectivity index (χ4v) is 1.72. The summed E-state index contributed by atoms with van der Waals surface area (Å²) in [5, 5.41) is 28.6. The topological polar surface area (TPSA) is 174 Å². The van der Waals surface area contributed by atoms with Crippen LogP contribution in [0.1, 0.15) is 19.3 Å². The molecule has 0 fully saturated rings. The van der Waals surface area contributed by atoms with Crippen molar-refractivity contribution in [3.8, 4) is 5.75 Å². The van der Waals surface area contributed by atoms with E-state index in [1.807, 2.05) is 0 Å². The van der Waals surface area contributed by atoms with E-state index in [0.717, 1.165) is 0 Å². The summed E-state index contributed by atoms with van der Waals surface area (Å²) in [6.07, 6.45) is -1.31. The molecule has 0 radical (unpaired) electrons. The van der Waals surface area contributed by atoms with E-state index < -0.39 is 33.8 Å². The molecule has 1 aromatic rings. The average molecular weight is 359 g/mol. The number of hydrogen-bond donors (Lipinski definition) is 0. The van der Waals surface area contributed by atoms with E-state index >= 15 is 0 Å². The van der Waals surface area contributed by atoms with Crippen molar-refractivity contribution >= 4 is 11.7 Å². The molecule has 1 aromatic carbocycles. The standard InChI is InChI=1S/C12H13N3O10/c16-12(24-10-6-4-9(5-7-10)13(17)18)3-1-2-11(25-15(21)22)8-23-14(19)20/h4-7,11H,1-3,8H2/t11-/m0/s1. The number of ether oxygens (including phenoxy) is 1. The molecule has 0 N–H and O–H groups in total. The zero-order valence-corrected chi connectivity index (χ0v) is 12.6. The first-order chi connectivity index (χ1) is 11.8. The van der Waals surface area contributed by atoms with E-state index in [2.05, 4.69) is 9.68 Å². The molecule has 0 saturated carbocycles. The van der Waals surface area contributed by atoms with Gasteiger partial charge in [0.1, 0.15) is 18.5 Å². The van der Waals surface area contributed by atoms with Crippen molar-refractivity contribution in [2.75, 3.05) is 6.61 Å². The van der Waals surface area contributed by atoms with Gasteiger partial charge in [-0.3, -0.25) is 14.9 Å². The molecule has 136 valence electrons. The van der Waals surface area contributed by atoms with Crippen LogP contribution >= 0.6 is 0 Å².